The fraction of sp³-hybridized carbons (Fsp3) is 0.391. The van der Waals surface area contributed by atoms with Crippen LogP contribution in [0.1, 0.15) is 48.6 Å². The van der Waals surface area contributed by atoms with Gasteiger partial charge < -0.3 is 4.74 Å². The third kappa shape index (κ3) is 5.71. The maximum absolute atomic E-state index is 13.1. The van der Waals surface area contributed by atoms with Crippen molar-refractivity contribution in [3.8, 4) is 18.6 Å². The van der Waals surface area contributed by atoms with Crippen molar-refractivity contribution in [2.24, 2.45) is 5.92 Å². The zero-order valence-electron chi connectivity index (χ0n) is 17.1. The Morgan fingerprint density at radius 2 is 1.71 bits per heavy atom. The molecule has 0 spiro atoms. The zero-order chi connectivity index (χ0) is 22.6. The van der Waals surface area contributed by atoms with Crippen molar-refractivity contribution in [3.63, 3.8) is 0 Å². The summed E-state index contributed by atoms with van der Waals surface area (Å²) in [6.45, 7) is 0. The Morgan fingerprint density at radius 1 is 1.06 bits per heavy atom. The maximum atomic E-state index is 13.1. The van der Waals surface area contributed by atoms with Gasteiger partial charge in [-0.1, -0.05) is 23.7 Å². The lowest BCUT2D eigenvalue weighted by atomic mass is 10.1. The number of methoxy groups -OCH3 is 1. The Kier molecular flexibility index (Phi) is 7.11. The topological polar surface area (TPSA) is 39.4 Å². The molecule has 0 N–H and O–H groups in total. The zero-order valence-corrected chi connectivity index (χ0v) is 17.8. The van der Waals surface area contributed by atoms with E-state index in [1.807, 2.05) is 12.1 Å². The van der Waals surface area contributed by atoms with Gasteiger partial charge in [0.2, 0.25) is 0 Å². The van der Waals surface area contributed by atoms with Gasteiger partial charge in [0, 0.05) is 17.6 Å². The highest BCUT2D eigenvalue weighted by Crippen LogP contribution is 2.40. The van der Waals surface area contributed by atoms with Gasteiger partial charge in [-0.3, -0.25) is 4.40 Å². The van der Waals surface area contributed by atoms with Crippen LogP contribution in [0.2, 0.25) is 5.02 Å². The van der Waals surface area contributed by atoms with Gasteiger partial charge in [-0.2, -0.15) is 13.2 Å². The smallest absolute Gasteiger partial charge is 0.423 e. The SMILES string of the molecule is C#C.COc1ccn2c(CC3CC3)nnc2c1C(F)(F)F.Clc1ccc(C2CC2)cc1. The number of halogens is 4. The normalized spacial score (nSPS) is 15.5. The third-order valence-corrected chi connectivity index (χ3v) is 5.45. The molecule has 3 aromatic rings. The predicted octanol–water partition coefficient (Wildman–Crippen LogP) is 6.18. The molecule has 0 bridgehead atoms. The van der Waals surface area contributed by atoms with Gasteiger partial charge in [-0.25, -0.2) is 0 Å². The molecule has 0 aliphatic heterocycles. The highest BCUT2D eigenvalue weighted by atomic mass is 35.5. The van der Waals surface area contributed by atoms with Crippen molar-refractivity contribution in [1.29, 1.82) is 0 Å². The highest BCUT2D eigenvalue weighted by Gasteiger charge is 2.38. The van der Waals surface area contributed by atoms with E-state index < -0.39 is 11.7 Å². The standard InChI is InChI=1S/C12H12F3N3O.C9H9Cl.C2H2/c1-19-8-4-5-18-9(6-7-2-3-7)16-17-11(18)10(8)12(13,14)15;10-9-5-3-8(4-6-9)7-1-2-7;1-2/h4-5,7H,2-3,6H2,1H3;3-7H,1-2H2;1-2H. The molecule has 31 heavy (non-hydrogen) atoms. The molecule has 0 amide bonds. The van der Waals surface area contributed by atoms with E-state index in [1.54, 1.807) is 0 Å². The molecule has 4 nitrogen and oxygen atoms in total. The Hall–Kier alpha value is -2.72. The van der Waals surface area contributed by atoms with E-state index in [4.69, 9.17) is 16.3 Å². The van der Waals surface area contributed by atoms with Gasteiger partial charge in [0.25, 0.3) is 0 Å². The number of benzene rings is 1. The number of rotatable bonds is 4. The van der Waals surface area contributed by atoms with Crippen molar-refractivity contribution in [2.75, 3.05) is 7.11 Å². The largest absolute Gasteiger partial charge is 0.496 e. The summed E-state index contributed by atoms with van der Waals surface area (Å²) in [5, 5.41) is 8.41. The van der Waals surface area contributed by atoms with Gasteiger partial charge in [-0.15, -0.1) is 23.0 Å². The second-order valence-corrected chi connectivity index (χ2v) is 7.98. The summed E-state index contributed by atoms with van der Waals surface area (Å²) in [7, 11) is 1.21. The monoisotopic (exact) mass is 449 g/mol. The molecular weight excluding hydrogens is 427 g/mol. The predicted molar refractivity (Wildman–Crippen MR) is 114 cm³/mol. The van der Waals surface area contributed by atoms with Gasteiger partial charge in [0.15, 0.2) is 5.65 Å². The number of nitrogens with zero attached hydrogens (tertiary/aromatic N) is 3. The minimum Gasteiger partial charge on any atom is -0.496 e. The molecule has 0 radical (unpaired) electrons. The Labute approximate surface area is 184 Å². The lowest BCUT2D eigenvalue weighted by Crippen LogP contribution is -2.10. The first-order chi connectivity index (χ1) is 14.9. The molecule has 8 heteroatoms. The van der Waals surface area contributed by atoms with Crippen LogP contribution in [0.5, 0.6) is 5.75 Å². The number of alkyl halides is 3. The van der Waals surface area contributed by atoms with E-state index in [2.05, 4.69) is 35.2 Å². The van der Waals surface area contributed by atoms with Gasteiger partial charge in [-0.05, 0) is 61.3 Å². The van der Waals surface area contributed by atoms with E-state index >= 15 is 0 Å². The van der Waals surface area contributed by atoms with E-state index in [1.165, 1.54) is 42.2 Å². The van der Waals surface area contributed by atoms with Crippen LogP contribution in [0.25, 0.3) is 5.65 Å². The molecule has 0 saturated heterocycles. The minimum absolute atomic E-state index is 0.192. The molecule has 164 valence electrons. The first kappa shape index (κ1) is 23.0. The summed E-state index contributed by atoms with van der Waals surface area (Å²) >= 11 is 5.74. The molecule has 2 aromatic heterocycles. The van der Waals surface area contributed by atoms with Crippen molar-refractivity contribution >= 4 is 17.2 Å². The molecule has 2 saturated carbocycles. The molecule has 5 rings (SSSR count). The molecule has 2 aliphatic rings. The van der Waals surface area contributed by atoms with E-state index in [0.29, 0.717) is 18.2 Å². The number of fused-ring (bicyclic) bond motifs is 1. The fourth-order valence-electron chi connectivity index (χ4n) is 3.29. The van der Waals surface area contributed by atoms with E-state index in [9.17, 15) is 13.2 Å². The number of aromatic nitrogens is 3. The van der Waals surface area contributed by atoms with Crippen LogP contribution >= 0.6 is 11.6 Å². The molecule has 2 heterocycles. The number of terminal acetylenes is 1. The first-order valence-electron chi connectivity index (χ1n) is 9.93. The highest BCUT2D eigenvalue weighted by molar-refractivity contribution is 6.30. The van der Waals surface area contributed by atoms with Crippen LogP contribution < -0.4 is 4.74 Å². The Morgan fingerprint density at radius 3 is 2.23 bits per heavy atom. The average molecular weight is 450 g/mol. The van der Waals surface area contributed by atoms with Gasteiger partial charge >= 0.3 is 6.18 Å². The average Bonchev–Trinajstić information content (AvgIpc) is 3.68. The van der Waals surface area contributed by atoms with Crippen LogP contribution in [0, 0.1) is 18.8 Å². The summed E-state index contributed by atoms with van der Waals surface area (Å²) in [6, 6.07) is 9.49. The van der Waals surface area contributed by atoms with Crippen LogP contribution in [0.3, 0.4) is 0 Å². The fourth-order valence-corrected chi connectivity index (χ4v) is 3.42. The number of hydrogen-bond acceptors (Lipinski definition) is 3. The summed E-state index contributed by atoms with van der Waals surface area (Å²) in [4.78, 5) is 0. The van der Waals surface area contributed by atoms with Crippen molar-refractivity contribution in [3.05, 3.63) is 58.5 Å². The quantitative estimate of drug-likeness (QED) is 0.447. The molecule has 0 atom stereocenters. The molecule has 0 unspecified atom stereocenters. The number of hydrogen-bond donors (Lipinski definition) is 0. The lowest BCUT2D eigenvalue weighted by Gasteiger charge is -2.12. The Balaban J connectivity index is 0.000000190. The van der Waals surface area contributed by atoms with E-state index in [-0.39, 0.29) is 11.4 Å². The second-order valence-electron chi connectivity index (χ2n) is 7.54. The van der Waals surface area contributed by atoms with Crippen molar-refractivity contribution < 1.29 is 17.9 Å². The summed E-state index contributed by atoms with van der Waals surface area (Å²) in [6.07, 6.45) is 10.6. The molecule has 1 aromatic carbocycles. The summed E-state index contributed by atoms with van der Waals surface area (Å²) in [5.74, 6) is 1.72. The molecular formula is C23H23ClF3N3O. The minimum atomic E-state index is -4.52. The summed E-state index contributed by atoms with van der Waals surface area (Å²) < 4.78 is 45.5. The van der Waals surface area contributed by atoms with Crippen LogP contribution in [-0.4, -0.2) is 21.7 Å². The van der Waals surface area contributed by atoms with E-state index in [0.717, 1.165) is 23.8 Å². The van der Waals surface area contributed by atoms with Crippen LogP contribution in [0.4, 0.5) is 13.2 Å². The third-order valence-electron chi connectivity index (χ3n) is 5.20. The molecule has 2 aliphatic carbocycles. The Bertz CT molecular complexity index is 1040. The van der Waals surface area contributed by atoms with Crippen molar-refractivity contribution in [2.45, 2.75) is 44.2 Å². The van der Waals surface area contributed by atoms with Gasteiger partial charge in [0.1, 0.15) is 17.1 Å². The molecule has 2 fully saturated rings. The van der Waals surface area contributed by atoms with Gasteiger partial charge in [0.05, 0.1) is 7.11 Å². The number of ether oxygens (including phenoxy) is 1. The first-order valence-corrected chi connectivity index (χ1v) is 10.3. The maximum Gasteiger partial charge on any atom is 0.423 e. The number of pyridine rings is 1. The van der Waals surface area contributed by atoms with Crippen molar-refractivity contribution in [1.82, 2.24) is 14.6 Å². The van der Waals surface area contributed by atoms with Crippen LogP contribution in [-0.2, 0) is 12.6 Å². The lowest BCUT2D eigenvalue weighted by molar-refractivity contribution is -0.137. The van der Waals surface area contributed by atoms with Crippen LogP contribution in [0.15, 0.2) is 36.5 Å². The second kappa shape index (κ2) is 9.61. The summed E-state index contributed by atoms with van der Waals surface area (Å²) in [5.41, 5.74) is 0.388.